The molecule has 0 amide bonds. The lowest BCUT2D eigenvalue weighted by atomic mass is 10.2. The van der Waals surface area contributed by atoms with E-state index in [-0.39, 0.29) is 0 Å². The van der Waals surface area contributed by atoms with Gasteiger partial charge < -0.3 is 4.57 Å². The van der Waals surface area contributed by atoms with E-state index in [0.717, 1.165) is 11.3 Å². The van der Waals surface area contributed by atoms with Crippen LogP contribution in [0.25, 0.3) is 11.3 Å². The van der Waals surface area contributed by atoms with E-state index in [9.17, 15) is 0 Å². The van der Waals surface area contributed by atoms with E-state index in [0.29, 0.717) is 0 Å². The van der Waals surface area contributed by atoms with Crippen molar-refractivity contribution in [3.63, 3.8) is 0 Å². The zero-order valence-corrected chi connectivity index (χ0v) is 6.73. The standard InChI is InChI=1S/C9H8N3/c1-12-6-9(11-7-12)8-3-2-4-10-5-8/h2-6H,1H3. The van der Waals surface area contributed by atoms with Gasteiger partial charge in [0.05, 0.1) is 5.69 Å². The number of hydrogen-bond donors (Lipinski definition) is 0. The minimum atomic E-state index is 0.908. The second-order valence-electron chi connectivity index (χ2n) is 2.58. The second kappa shape index (κ2) is 2.77. The van der Waals surface area contributed by atoms with Gasteiger partial charge >= 0.3 is 0 Å². The van der Waals surface area contributed by atoms with Crippen LogP contribution in [0.5, 0.6) is 0 Å². The van der Waals surface area contributed by atoms with Gasteiger partial charge in [-0.3, -0.25) is 4.98 Å². The Kier molecular flexibility index (Phi) is 1.63. The number of aryl methyl sites for hydroxylation is 1. The minimum Gasteiger partial charge on any atom is -0.331 e. The number of hydrogen-bond acceptors (Lipinski definition) is 2. The third kappa shape index (κ3) is 1.21. The van der Waals surface area contributed by atoms with Gasteiger partial charge in [0.25, 0.3) is 0 Å². The summed E-state index contributed by atoms with van der Waals surface area (Å²) < 4.78 is 1.79. The van der Waals surface area contributed by atoms with Gasteiger partial charge in [-0.1, -0.05) is 0 Å². The SMILES string of the molecule is Cn1[c]nc(-c2cccnc2)c1. The molecular weight excluding hydrogens is 150 g/mol. The van der Waals surface area contributed by atoms with Gasteiger partial charge in [0.2, 0.25) is 0 Å². The lowest BCUT2D eigenvalue weighted by Gasteiger charge is -1.92. The van der Waals surface area contributed by atoms with E-state index in [2.05, 4.69) is 16.3 Å². The average molecular weight is 158 g/mol. The van der Waals surface area contributed by atoms with Crippen molar-refractivity contribution in [3.8, 4) is 11.3 Å². The molecule has 0 bridgehead atoms. The van der Waals surface area contributed by atoms with Gasteiger partial charge in [-0.2, -0.15) is 0 Å². The lowest BCUT2D eigenvalue weighted by molar-refractivity contribution is 0.903. The average Bonchev–Trinajstić information content (AvgIpc) is 2.54. The molecule has 0 aliphatic rings. The fourth-order valence-corrected chi connectivity index (χ4v) is 1.03. The molecule has 2 aromatic heterocycles. The lowest BCUT2D eigenvalue weighted by Crippen LogP contribution is -1.79. The maximum Gasteiger partial charge on any atom is 0.176 e. The highest BCUT2D eigenvalue weighted by atomic mass is 15.0. The molecule has 2 aromatic rings. The Hall–Kier alpha value is -1.64. The Bertz CT molecular complexity index is 364. The van der Waals surface area contributed by atoms with E-state index in [1.54, 1.807) is 17.0 Å². The van der Waals surface area contributed by atoms with E-state index in [4.69, 9.17) is 0 Å². The van der Waals surface area contributed by atoms with Crippen LogP contribution in [-0.4, -0.2) is 14.5 Å². The molecule has 0 saturated carbocycles. The minimum absolute atomic E-state index is 0.908. The maximum absolute atomic E-state index is 4.08. The first-order valence-electron chi connectivity index (χ1n) is 3.68. The quantitative estimate of drug-likeness (QED) is 0.626. The summed E-state index contributed by atoms with van der Waals surface area (Å²) in [5.74, 6) is 0. The molecule has 0 N–H and O–H groups in total. The van der Waals surface area contributed by atoms with Gasteiger partial charge in [-0.05, 0) is 12.1 Å². The Balaban J connectivity index is 2.45. The van der Waals surface area contributed by atoms with Gasteiger partial charge in [0.1, 0.15) is 0 Å². The molecule has 1 radical (unpaired) electrons. The van der Waals surface area contributed by atoms with Crippen molar-refractivity contribution >= 4 is 0 Å². The normalized spacial score (nSPS) is 10.1. The van der Waals surface area contributed by atoms with Crippen LogP contribution >= 0.6 is 0 Å². The largest absolute Gasteiger partial charge is 0.331 e. The molecule has 0 fully saturated rings. The predicted molar refractivity (Wildman–Crippen MR) is 45.3 cm³/mol. The topological polar surface area (TPSA) is 30.7 Å². The predicted octanol–water partition coefficient (Wildman–Crippen LogP) is 1.28. The molecule has 0 unspecified atom stereocenters. The number of nitrogens with zero attached hydrogens (tertiary/aromatic N) is 3. The van der Waals surface area contributed by atoms with Gasteiger partial charge in [-0.15, -0.1) is 0 Å². The first-order valence-corrected chi connectivity index (χ1v) is 3.68. The zero-order valence-electron chi connectivity index (χ0n) is 6.73. The summed E-state index contributed by atoms with van der Waals surface area (Å²) in [5, 5.41) is 0. The van der Waals surface area contributed by atoms with Crippen LogP contribution in [0.1, 0.15) is 0 Å². The molecule has 59 valence electrons. The monoisotopic (exact) mass is 158 g/mol. The van der Waals surface area contributed by atoms with Gasteiger partial charge in [0.15, 0.2) is 6.33 Å². The van der Waals surface area contributed by atoms with Gasteiger partial charge in [-0.25, -0.2) is 4.98 Å². The smallest absolute Gasteiger partial charge is 0.176 e. The molecule has 0 saturated heterocycles. The van der Waals surface area contributed by atoms with Gasteiger partial charge in [0, 0.05) is 31.2 Å². The number of aromatic nitrogens is 3. The van der Waals surface area contributed by atoms with Crippen molar-refractivity contribution in [2.45, 2.75) is 0 Å². The van der Waals surface area contributed by atoms with Crippen LogP contribution in [0.4, 0.5) is 0 Å². The highest BCUT2D eigenvalue weighted by molar-refractivity contribution is 5.56. The number of pyridine rings is 1. The fraction of sp³-hybridized carbons (Fsp3) is 0.111. The zero-order chi connectivity index (χ0) is 8.39. The van der Waals surface area contributed by atoms with Crippen LogP contribution in [-0.2, 0) is 7.05 Å². The molecule has 0 atom stereocenters. The first kappa shape index (κ1) is 7.03. The summed E-state index contributed by atoms with van der Waals surface area (Å²) in [7, 11) is 1.90. The van der Waals surface area contributed by atoms with Crippen molar-refractivity contribution in [2.24, 2.45) is 7.05 Å². The van der Waals surface area contributed by atoms with E-state index < -0.39 is 0 Å². The fourth-order valence-electron chi connectivity index (χ4n) is 1.03. The highest BCUT2D eigenvalue weighted by Gasteiger charge is 1.98. The molecular formula is C9H8N3. The third-order valence-electron chi connectivity index (χ3n) is 1.60. The molecule has 0 spiro atoms. The Labute approximate surface area is 70.7 Å². The molecule has 2 heterocycles. The Morgan fingerprint density at radius 3 is 3.00 bits per heavy atom. The summed E-state index contributed by atoms with van der Waals surface area (Å²) in [6.07, 6.45) is 8.25. The maximum atomic E-state index is 4.08. The number of imidazole rings is 1. The van der Waals surface area contributed by atoms with E-state index >= 15 is 0 Å². The summed E-state index contributed by atoms with van der Waals surface area (Å²) in [5.41, 5.74) is 1.93. The second-order valence-corrected chi connectivity index (χ2v) is 2.58. The summed E-state index contributed by atoms with van der Waals surface area (Å²) >= 11 is 0. The summed E-state index contributed by atoms with van der Waals surface area (Å²) in [6.45, 7) is 0. The van der Waals surface area contributed by atoms with Crippen molar-refractivity contribution in [1.29, 1.82) is 0 Å². The molecule has 0 aliphatic carbocycles. The molecule has 12 heavy (non-hydrogen) atoms. The third-order valence-corrected chi connectivity index (χ3v) is 1.60. The van der Waals surface area contributed by atoms with E-state index in [1.165, 1.54) is 0 Å². The van der Waals surface area contributed by atoms with Crippen molar-refractivity contribution in [1.82, 2.24) is 14.5 Å². The van der Waals surface area contributed by atoms with Crippen LogP contribution < -0.4 is 0 Å². The molecule has 0 aliphatic heterocycles. The molecule has 2 rings (SSSR count). The summed E-state index contributed by atoms with van der Waals surface area (Å²) in [6, 6.07) is 3.87. The Morgan fingerprint density at radius 2 is 2.42 bits per heavy atom. The van der Waals surface area contributed by atoms with Crippen molar-refractivity contribution < 1.29 is 0 Å². The first-order chi connectivity index (χ1) is 5.86. The van der Waals surface area contributed by atoms with Crippen LogP contribution in [0.15, 0.2) is 30.7 Å². The Morgan fingerprint density at radius 1 is 1.50 bits per heavy atom. The van der Waals surface area contributed by atoms with Crippen LogP contribution in [0.2, 0.25) is 0 Å². The molecule has 3 heteroatoms. The number of rotatable bonds is 1. The van der Waals surface area contributed by atoms with Crippen LogP contribution in [0.3, 0.4) is 0 Å². The van der Waals surface area contributed by atoms with Crippen molar-refractivity contribution in [3.05, 3.63) is 37.1 Å². The van der Waals surface area contributed by atoms with Crippen molar-refractivity contribution in [2.75, 3.05) is 0 Å². The molecule has 3 nitrogen and oxygen atoms in total. The van der Waals surface area contributed by atoms with Crippen LogP contribution in [0, 0.1) is 6.33 Å². The van der Waals surface area contributed by atoms with E-state index in [1.807, 2.05) is 25.4 Å². The summed E-state index contributed by atoms with van der Waals surface area (Å²) in [4.78, 5) is 8.09. The molecule has 0 aromatic carbocycles. The highest BCUT2D eigenvalue weighted by Crippen LogP contribution is 2.13.